The highest BCUT2D eigenvalue weighted by molar-refractivity contribution is 7.91. The molecule has 10 heteroatoms. The van der Waals surface area contributed by atoms with Gasteiger partial charge in [-0.15, -0.1) is 0 Å². The van der Waals surface area contributed by atoms with E-state index in [1.807, 2.05) is 0 Å². The first kappa shape index (κ1) is 21.1. The van der Waals surface area contributed by atoms with E-state index in [1.165, 1.54) is 12.1 Å². The molecule has 1 fully saturated rings. The lowest BCUT2D eigenvalue weighted by atomic mass is 10.0. The highest BCUT2D eigenvalue weighted by Crippen LogP contribution is 2.24. The Kier molecular flexibility index (Phi) is 6.70. The van der Waals surface area contributed by atoms with E-state index in [1.54, 1.807) is 4.90 Å². The van der Waals surface area contributed by atoms with Gasteiger partial charge in [-0.2, -0.15) is 0 Å². The highest BCUT2D eigenvalue weighted by Gasteiger charge is 2.23. The van der Waals surface area contributed by atoms with Crippen molar-refractivity contribution in [2.75, 3.05) is 25.9 Å². The van der Waals surface area contributed by atoms with Gasteiger partial charge in [0.15, 0.2) is 9.84 Å². The van der Waals surface area contributed by atoms with E-state index in [9.17, 15) is 21.6 Å². The second-order valence-corrected chi connectivity index (χ2v) is 10.8. The fourth-order valence-corrected chi connectivity index (χ4v) is 5.14. The van der Waals surface area contributed by atoms with Gasteiger partial charge in [0.05, 0.1) is 9.92 Å². The molecule has 146 valence electrons. The zero-order valence-electron chi connectivity index (χ0n) is 14.7. The monoisotopic (exact) mass is 422 g/mol. The molecule has 0 bridgehead atoms. The van der Waals surface area contributed by atoms with Gasteiger partial charge in [-0.25, -0.2) is 21.6 Å². The van der Waals surface area contributed by atoms with Crippen molar-refractivity contribution >= 4 is 37.4 Å². The molecule has 0 radical (unpaired) electrons. The molecule has 0 aliphatic carbocycles. The minimum Gasteiger partial charge on any atom is -0.342 e. The van der Waals surface area contributed by atoms with Gasteiger partial charge in [0, 0.05) is 32.3 Å². The summed E-state index contributed by atoms with van der Waals surface area (Å²) < 4.78 is 50.4. The number of hydrogen-bond donors (Lipinski definition) is 1. The highest BCUT2D eigenvalue weighted by atomic mass is 35.5. The molecule has 0 aromatic heterocycles. The molecule has 7 nitrogen and oxygen atoms in total. The summed E-state index contributed by atoms with van der Waals surface area (Å²) in [7, 11) is -7.60. The third kappa shape index (κ3) is 5.42. The first-order chi connectivity index (χ1) is 12.0. The standard InChI is InChI=1S/C16H23ClN2O5S2/c1-12-4-3-9-19(11-12)16(20)7-8-18-26(23,24)15-10-13(25(2,21)22)5-6-14(15)17/h5-6,10,12,18H,3-4,7-9,11H2,1-2H3. The van der Waals surface area contributed by atoms with E-state index in [-0.39, 0.29) is 33.7 Å². The van der Waals surface area contributed by atoms with Crippen LogP contribution in [0, 0.1) is 5.92 Å². The normalized spacial score (nSPS) is 18.7. The predicted octanol–water partition coefficient (Wildman–Crippen LogP) is 1.67. The molecule has 1 N–H and O–H groups in total. The number of sulfonamides is 1. The van der Waals surface area contributed by atoms with E-state index < -0.39 is 19.9 Å². The third-order valence-electron chi connectivity index (χ3n) is 4.26. The fraction of sp³-hybridized carbons (Fsp3) is 0.562. The molecule has 1 saturated heterocycles. The van der Waals surface area contributed by atoms with Gasteiger partial charge >= 0.3 is 0 Å². The number of rotatable bonds is 6. The van der Waals surface area contributed by atoms with Crippen LogP contribution in [0.5, 0.6) is 0 Å². The number of benzene rings is 1. The summed E-state index contributed by atoms with van der Waals surface area (Å²) in [5.74, 6) is 0.345. The van der Waals surface area contributed by atoms with E-state index in [2.05, 4.69) is 11.6 Å². The van der Waals surface area contributed by atoms with Crippen LogP contribution < -0.4 is 4.72 Å². The van der Waals surface area contributed by atoms with E-state index in [4.69, 9.17) is 11.6 Å². The summed E-state index contributed by atoms with van der Waals surface area (Å²) in [5.41, 5.74) is 0. The largest absolute Gasteiger partial charge is 0.342 e. The van der Waals surface area contributed by atoms with Gasteiger partial charge in [0.2, 0.25) is 15.9 Å². The van der Waals surface area contributed by atoms with Crippen LogP contribution in [-0.2, 0) is 24.7 Å². The Morgan fingerprint density at radius 3 is 2.62 bits per heavy atom. The molecule has 1 atom stereocenters. The van der Waals surface area contributed by atoms with Crippen LogP contribution in [-0.4, -0.2) is 53.5 Å². The smallest absolute Gasteiger partial charge is 0.242 e. The molecule has 1 aliphatic rings. The Bertz CT molecular complexity index is 884. The molecule has 2 rings (SSSR count). The zero-order valence-corrected chi connectivity index (χ0v) is 17.1. The van der Waals surface area contributed by atoms with E-state index >= 15 is 0 Å². The van der Waals surface area contributed by atoms with Crippen molar-refractivity contribution in [1.29, 1.82) is 0 Å². The molecule has 0 saturated carbocycles. The minimum atomic E-state index is -4.03. The fourth-order valence-electron chi connectivity index (χ4n) is 2.86. The van der Waals surface area contributed by atoms with Crippen molar-refractivity contribution in [3.05, 3.63) is 23.2 Å². The van der Waals surface area contributed by atoms with Crippen LogP contribution in [0.25, 0.3) is 0 Å². The quantitative estimate of drug-likeness (QED) is 0.751. The summed E-state index contributed by atoms with van der Waals surface area (Å²) in [4.78, 5) is 13.5. The van der Waals surface area contributed by atoms with Crippen molar-refractivity contribution in [2.24, 2.45) is 5.92 Å². The maximum Gasteiger partial charge on any atom is 0.242 e. The second-order valence-electron chi connectivity index (χ2n) is 6.60. The van der Waals surface area contributed by atoms with Gasteiger partial charge < -0.3 is 4.90 Å². The zero-order chi connectivity index (χ0) is 19.5. The van der Waals surface area contributed by atoms with Crippen molar-refractivity contribution in [3.8, 4) is 0 Å². The molecule has 1 aromatic carbocycles. The summed E-state index contributed by atoms with van der Waals surface area (Å²) >= 11 is 5.92. The van der Waals surface area contributed by atoms with Crippen LogP contribution in [0.15, 0.2) is 28.0 Å². The van der Waals surface area contributed by atoms with Crippen LogP contribution in [0.3, 0.4) is 0 Å². The van der Waals surface area contributed by atoms with E-state index in [0.717, 1.165) is 25.2 Å². The lowest BCUT2D eigenvalue weighted by Crippen LogP contribution is -2.40. The Morgan fingerprint density at radius 1 is 1.31 bits per heavy atom. The van der Waals surface area contributed by atoms with Crippen molar-refractivity contribution in [3.63, 3.8) is 0 Å². The number of carbonyl (C=O) groups is 1. The van der Waals surface area contributed by atoms with E-state index in [0.29, 0.717) is 19.0 Å². The summed E-state index contributed by atoms with van der Waals surface area (Å²) in [5, 5.41) is -0.0823. The Balaban J connectivity index is 2.04. The summed E-state index contributed by atoms with van der Waals surface area (Å²) in [6.07, 6.45) is 3.06. The number of hydrogen-bond acceptors (Lipinski definition) is 5. The van der Waals surface area contributed by atoms with Gasteiger partial charge in [0.25, 0.3) is 0 Å². The third-order valence-corrected chi connectivity index (χ3v) is 7.31. The first-order valence-corrected chi connectivity index (χ1v) is 12.0. The topological polar surface area (TPSA) is 101 Å². The van der Waals surface area contributed by atoms with Gasteiger partial charge in [-0.05, 0) is 37.0 Å². The van der Waals surface area contributed by atoms with Crippen LogP contribution in [0.4, 0.5) is 0 Å². The molecule has 1 aliphatic heterocycles. The van der Waals surface area contributed by atoms with Crippen LogP contribution in [0.1, 0.15) is 26.2 Å². The second kappa shape index (κ2) is 8.24. The molecular weight excluding hydrogens is 400 g/mol. The summed E-state index contributed by atoms with van der Waals surface area (Å²) in [6, 6.07) is 3.50. The van der Waals surface area contributed by atoms with Gasteiger partial charge in [-0.1, -0.05) is 18.5 Å². The van der Waals surface area contributed by atoms with Crippen molar-refractivity contribution < 1.29 is 21.6 Å². The lowest BCUT2D eigenvalue weighted by molar-refractivity contribution is -0.132. The Labute approximate surface area is 159 Å². The molecule has 1 amide bonds. The number of piperidine rings is 1. The molecule has 0 spiro atoms. The first-order valence-electron chi connectivity index (χ1n) is 8.28. The Hall–Kier alpha value is -1.16. The Morgan fingerprint density at radius 2 is 2.00 bits per heavy atom. The SMILES string of the molecule is CC1CCCN(C(=O)CCNS(=O)(=O)c2cc(S(C)(=O)=O)ccc2Cl)C1. The predicted molar refractivity (Wildman–Crippen MR) is 99.3 cm³/mol. The lowest BCUT2D eigenvalue weighted by Gasteiger charge is -2.31. The van der Waals surface area contributed by atoms with Gasteiger partial charge in [0.1, 0.15) is 4.90 Å². The number of nitrogens with one attached hydrogen (secondary N) is 1. The molecule has 1 unspecified atom stereocenters. The molecule has 1 aromatic rings. The number of carbonyl (C=O) groups excluding carboxylic acids is 1. The van der Waals surface area contributed by atoms with Crippen LogP contribution >= 0.6 is 11.6 Å². The van der Waals surface area contributed by atoms with Crippen LogP contribution in [0.2, 0.25) is 5.02 Å². The average molecular weight is 423 g/mol. The number of halogens is 1. The molecule has 26 heavy (non-hydrogen) atoms. The number of nitrogens with zero attached hydrogens (tertiary/aromatic N) is 1. The number of likely N-dealkylation sites (tertiary alicyclic amines) is 1. The van der Waals surface area contributed by atoms with Crippen molar-refractivity contribution in [1.82, 2.24) is 9.62 Å². The molecule has 1 heterocycles. The maximum atomic E-state index is 12.4. The van der Waals surface area contributed by atoms with Crippen molar-refractivity contribution in [2.45, 2.75) is 36.0 Å². The maximum absolute atomic E-state index is 12.4. The minimum absolute atomic E-state index is 0.0370. The molecular formula is C16H23ClN2O5S2. The average Bonchev–Trinajstić information content (AvgIpc) is 2.53. The number of sulfone groups is 1. The summed E-state index contributed by atoms with van der Waals surface area (Å²) in [6.45, 7) is 3.39. The number of amides is 1. The van der Waals surface area contributed by atoms with Gasteiger partial charge in [-0.3, -0.25) is 4.79 Å².